The highest BCUT2D eigenvalue weighted by atomic mass is 32.1. The van der Waals surface area contributed by atoms with Crippen LogP contribution >= 0.6 is 12.2 Å². The van der Waals surface area contributed by atoms with Crippen LogP contribution in [0.2, 0.25) is 0 Å². The molecule has 1 heterocycles. The fraction of sp³-hybridized carbons (Fsp3) is 0.294. The lowest BCUT2D eigenvalue weighted by Gasteiger charge is -2.24. The van der Waals surface area contributed by atoms with E-state index in [1.165, 1.54) is 5.69 Å². The Labute approximate surface area is 131 Å². The molecule has 0 saturated heterocycles. The Morgan fingerprint density at radius 3 is 2.57 bits per heavy atom. The second-order valence-corrected chi connectivity index (χ2v) is 5.59. The SMILES string of the molecule is CCN(Cc1cccc(C)n1)c1ccc(C(N)=S)c(C)c1. The number of hydrogen-bond donors (Lipinski definition) is 1. The number of thiocarbonyl (C=S) groups is 1. The van der Waals surface area contributed by atoms with E-state index >= 15 is 0 Å². The summed E-state index contributed by atoms with van der Waals surface area (Å²) < 4.78 is 0. The van der Waals surface area contributed by atoms with Crippen LogP contribution in [0.3, 0.4) is 0 Å². The zero-order valence-electron chi connectivity index (χ0n) is 12.8. The summed E-state index contributed by atoms with van der Waals surface area (Å²) >= 11 is 5.06. The number of pyridine rings is 1. The molecule has 0 aliphatic heterocycles. The zero-order chi connectivity index (χ0) is 15.4. The molecule has 2 rings (SSSR count). The molecule has 1 aromatic heterocycles. The van der Waals surface area contributed by atoms with Gasteiger partial charge < -0.3 is 10.6 Å². The fourth-order valence-corrected chi connectivity index (χ4v) is 2.62. The van der Waals surface area contributed by atoms with Crippen molar-refractivity contribution in [2.24, 2.45) is 5.73 Å². The molecule has 0 radical (unpaired) electrons. The van der Waals surface area contributed by atoms with E-state index < -0.39 is 0 Å². The van der Waals surface area contributed by atoms with Crippen LogP contribution in [0.5, 0.6) is 0 Å². The maximum absolute atomic E-state index is 5.72. The number of aryl methyl sites for hydroxylation is 2. The third-order valence-electron chi connectivity index (χ3n) is 3.52. The van der Waals surface area contributed by atoms with Crippen molar-refractivity contribution in [3.05, 3.63) is 58.9 Å². The summed E-state index contributed by atoms with van der Waals surface area (Å²) in [4.78, 5) is 7.31. The minimum atomic E-state index is 0.447. The predicted octanol–water partition coefficient (Wildman–Crippen LogP) is 3.36. The van der Waals surface area contributed by atoms with Gasteiger partial charge >= 0.3 is 0 Å². The molecule has 0 saturated carbocycles. The number of rotatable bonds is 5. The van der Waals surface area contributed by atoms with E-state index in [-0.39, 0.29) is 0 Å². The monoisotopic (exact) mass is 299 g/mol. The van der Waals surface area contributed by atoms with E-state index in [0.29, 0.717) is 4.99 Å². The first-order valence-corrected chi connectivity index (χ1v) is 7.50. The molecule has 0 unspecified atom stereocenters. The van der Waals surface area contributed by atoms with Crippen LogP contribution in [0, 0.1) is 13.8 Å². The first-order chi connectivity index (χ1) is 10.0. The summed E-state index contributed by atoms with van der Waals surface area (Å²) in [6.07, 6.45) is 0. The quantitative estimate of drug-likeness (QED) is 0.860. The number of anilines is 1. The van der Waals surface area contributed by atoms with Crippen LogP contribution in [0.1, 0.15) is 29.4 Å². The number of nitrogens with two attached hydrogens (primary N) is 1. The summed E-state index contributed by atoms with van der Waals surface area (Å²) in [5, 5.41) is 0. The number of benzene rings is 1. The highest BCUT2D eigenvalue weighted by molar-refractivity contribution is 7.80. The molecule has 110 valence electrons. The van der Waals surface area contributed by atoms with Crippen molar-refractivity contribution in [2.75, 3.05) is 11.4 Å². The molecular formula is C17H21N3S. The molecule has 0 spiro atoms. The van der Waals surface area contributed by atoms with E-state index in [2.05, 4.69) is 35.0 Å². The van der Waals surface area contributed by atoms with Crippen molar-refractivity contribution in [3.8, 4) is 0 Å². The van der Waals surface area contributed by atoms with Crippen LogP contribution in [-0.4, -0.2) is 16.5 Å². The highest BCUT2D eigenvalue weighted by Crippen LogP contribution is 2.21. The number of aromatic nitrogens is 1. The van der Waals surface area contributed by atoms with Gasteiger partial charge in [-0.05, 0) is 56.7 Å². The van der Waals surface area contributed by atoms with Gasteiger partial charge in [-0.15, -0.1) is 0 Å². The van der Waals surface area contributed by atoms with Gasteiger partial charge in [-0.3, -0.25) is 4.98 Å². The van der Waals surface area contributed by atoms with Crippen LogP contribution in [0.4, 0.5) is 5.69 Å². The summed E-state index contributed by atoms with van der Waals surface area (Å²) in [6, 6.07) is 12.3. The molecule has 0 atom stereocenters. The van der Waals surface area contributed by atoms with E-state index in [1.54, 1.807) is 0 Å². The molecule has 0 aliphatic carbocycles. The highest BCUT2D eigenvalue weighted by Gasteiger charge is 2.09. The van der Waals surface area contributed by atoms with E-state index in [1.807, 2.05) is 32.0 Å². The predicted molar refractivity (Wildman–Crippen MR) is 92.8 cm³/mol. The summed E-state index contributed by atoms with van der Waals surface area (Å²) in [6.45, 7) is 7.91. The molecule has 0 fully saturated rings. The molecule has 0 amide bonds. The van der Waals surface area contributed by atoms with Crippen LogP contribution in [-0.2, 0) is 6.54 Å². The number of hydrogen-bond acceptors (Lipinski definition) is 3. The average Bonchev–Trinajstić information content (AvgIpc) is 2.44. The molecule has 3 nitrogen and oxygen atoms in total. The molecule has 21 heavy (non-hydrogen) atoms. The topological polar surface area (TPSA) is 42.2 Å². The first-order valence-electron chi connectivity index (χ1n) is 7.09. The maximum Gasteiger partial charge on any atom is 0.104 e. The van der Waals surface area contributed by atoms with Gasteiger partial charge in [0.25, 0.3) is 0 Å². The Morgan fingerprint density at radius 1 is 1.24 bits per heavy atom. The van der Waals surface area contributed by atoms with E-state index in [4.69, 9.17) is 18.0 Å². The smallest absolute Gasteiger partial charge is 0.104 e. The summed E-state index contributed by atoms with van der Waals surface area (Å²) in [5.41, 5.74) is 11.1. The average molecular weight is 299 g/mol. The standard InChI is InChI=1S/C17H21N3S/c1-4-20(11-14-7-5-6-13(3)19-14)15-8-9-16(17(18)21)12(2)10-15/h5-10H,4,11H2,1-3H3,(H2,18,21). The van der Waals surface area contributed by atoms with Crippen molar-refractivity contribution < 1.29 is 0 Å². The molecule has 2 N–H and O–H groups in total. The minimum absolute atomic E-state index is 0.447. The second-order valence-electron chi connectivity index (χ2n) is 5.15. The summed E-state index contributed by atoms with van der Waals surface area (Å²) in [7, 11) is 0. The Morgan fingerprint density at radius 2 is 2.00 bits per heavy atom. The van der Waals surface area contributed by atoms with Crippen molar-refractivity contribution in [3.63, 3.8) is 0 Å². The van der Waals surface area contributed by atoms with Crippen molar-refractivity contribution in [1.82, 2.24) is 4.98 Å². The van der Waals surface area contributed by atoms with Gasteiger partial charge in [0.15, 0.2) is 0 Å². The van der Waals surface area contributed by atoms with Gasteiger partial charge in [0.1, 0.15) is 4.99 Å². The van der Waals surface area contributed by atoms with Crippen molar-refractivity contribution in [1.29, 1.82) is 0 Å². The van der Waals surface area contributed by atoms with Gasteiger partial charge in [-0.25, -0.2) is 0 Å². The Hall–Kier alpha value is -1.94. The van der Waals surface area contributed by atoms with Gasteiger partial charge in [0, 0.05) is 23.5 Å². The van der Waals surface area contributed by atoms with Gasteiger partial charge in [0.05, 0.1) is 12.2 Å². The van der Waals surface area contributed by atoms with E-state index in [0.717, 1.165) is 35.6 Å². The molecular weight excluding hydrogens is 278 g/mol. The Bertz CT molecular complexity index is 652. The van der Waals surface area contributed by atoms with Crippen LogP contribution < -0.4 is 10.6 Å². The molecule has 0 bridgehead atoms. The van der Waals surface area contributed by atoms with Crippen molar-refractivity contribution >= 4 is 22.9 Å². The zero-order valence-corrected chi connectivity index (χ0v) is 13.6. The maximum atomic E-state index is 5.72. The van der Waals surface area contributed by atoms with E-state index in [9.17, 15) is 0 Å². The van der Waals surface area contributed by atoms with Crippen LogP contribution in [0.15, 0.2) is 36.4 Å². The third kappa shape index (κ3) is 3.79. The molecule has 0 aliphatic rings. The third-order valence-corrected chi connectivity index (χ3v) is 3.74. The molecule has 2 aromatic rings. The minimum Gasteiger partial charge on any atom is -0.389 e. The lowest BCUT2D eigenvalue weighted by atomic mass is 10.1. The largest absolute Gasteiger partial charge is 0.389 e. The number of nitrogens with zero attached hydrogens (tertiary/aromatic N) is 2. The fourth-order valence-electron chi connectivity index (χ4n) is 2.39. The Balaban J connectivity index is 2.25. The molecule has 4 heteroatoms. The molecule has 1 aromatic carbocycles. The van der Waals surface area contributed by atoms with Gasteiger partial charge in [0.2, 0.25) is 0 Å². The van der Waals surface area contributed by atoms with Gasteiger partial charge in [-0.1, -0.05) is 18.3 Å². The lowest BCUT2D eigenvalue weighted by Crippen LogP contribution is -2.23. The first kappa shape index (κ1) is 15.4. The van der Waals surface area contributed by atoms with Crippen molar-refractivity contribution in [2.45, 2.75) is 27.3 Å². The van der Waals surface area contributed by atoms with Gasteiger partial charge in [-0.2, -0.15) is 0 Å². The second kappa shape index (κ2) is 6.68. The normalized spacial score (nSPS) is 10.4. The van der Waals surface area contributed by atoms with Crippen LogP contribution in [0.25, 0.3) is 0 Å². The Kier molecular flexibility index (Phi) is 4.91. The summed E-state index contributed by atoms with van der Waals surface area (Å²) in [5.74, 6) is 0. The lowest BCUT2D eigenvalue weighted by molar-refractivity contribution is 0.805.